The summed E-state index contributed by atoms with van der Waals surface area (Å²) in [5, 5.41) is 10.5. The molecule has 6 nitrogen and oxygen atoms in total. The first kappa shape index (κ1) is 15.6. The molecule has 0 amide bonds. The molecule has 0 bridgehead atoms. The zero-order chi connectivity index (χ0) is 15.5. The summed E-state index contributed by atoms with van der Waals surface area (Å²) in [6, 6.07) is 4.93. The van der Waals surface area contributed by atoms with Crippen LogP contribution in [0, 0.1) is 10.1 Å². The van der Waals surface area contributed by atoms with Crippen molar-refractivity contribution in [2.75, 3.05) is 0 Å². The minimum Gasteiger partial charge on any atom is -0.456 e. The van der Waals surface area contributed by atoms with Gasteiger partial charge < -0.3 is 4.74 Å². The van der Waals surface area contributed by atoms with Gasteiger partial charge in [0, 0.05) is 17.7 Å². The first-order valence-corrected chi connectivity index (χ1v) is 5.83. The van der Waals surface area contributed by atoms with Crippen molar-refractivity contribution < 1.29 is 19.2 Å². The summed E-state index contributed by atoms with van der Waals surface area (Å²) < 4.78 is 5.04. The Morgan fingerprint density at radius 2 is 1.70 bits per heavy atom. The fraction of sp³-hybridized carbons (Fsp3) is 0.286. The number of rotatable bonds is 4. The standard InChI is InChI=1S/C14H15NO5/c1-9(13(17)20-14(2,3)4)12(16)10-5-7-11(8-6-10)15(18)19/h5-8H,1H2,2-4H3. The van der Waals surface area contributed by atoms with Gasteiger partial charge >= 0.3 is 5.97 Å². The van der Waals surface area contributed by atoms with E-state index in [4.69, 9.17) is 4.74 Å². The van der Waals surface area contributed by atoms with E-state index < -0.39 is 22.3 Å². The van der Waals surface area contributed by atoms with Crippen LogP contribution in [0.2, 0.25) is 0 Å². The Kier molecular flexibility index (Phi) is 4.39. The number of hydrogen-bond acceptors (Lipinski definition) is 5. The quantitative estimate of drug-likeness (QED) is 0.161. The molecule has 0 radical (unpaired) electrons. The molecule has 0 atom stereocenters. The molecule has 0 aliphatic heterocycles. The minimum atomic E-state index is -0.805. The second kappa shape index (κ2) is 5.64. The highest BCUT2D eigenvalue weighted by molar-refractivity contribution is 6.23. The summed E-state index contributed by atoms with van der Waals surface area (Å²) >= 11 is 0. The van der Waals surface area contributed by atoms with Gasteiger partial charge in [-0.3, -0.25) is 14.9 Å². The molecule has 0 aliphatic rings. The molecule has 6 heteroatoms. The number of nitrogens with zero attached hydrogens (tertiary/aromatic N) is 1. The predicted molar refractivity (Wildman–Crippen MR) is 72.4 cm³/mol. The SMILES string of the molecule is C=C(C(=O)OC(C)(C)C)C(=O)c1ccc([N+](=O)[O-])cc1. The molecule has 1 rings (SSSR count). The van der Waals surface area contributed by atoms with Gasteiger partial charge in [0.25, 0.3) is 5.69 Å². The summed E-state index contributed by atoms with van der Waals surface area (Å²) in [6.07, 6.45) is 0. The number of carbonyl (C=O) groups excluding carboxylic acids is 2. The van der Waals surface area contributed by atoms with Gasteiger partial charge in [0.1, 0.15) is 11.2 Å². The number of esters is 1. The number of non-ortho nitro benzene ring substituents is 1. The number of carbonyl (C=O) groups is 2. The Balaban J connectivity index is 2.87. The second-order valence-corrected chi connectivity index (χ2v) is 5.11. The third-order valence-electron chi connectivity index (χ3n) is 2.26. The van der Waals surface area contributed by atoms with Crippen molar-refractivity contribution in [1.29, 1.82) is 0 Å². The van der Waals surface area contributed by atoms with E-state index in [0.29, 0.717) is 0 Å². The van der Waals surface area contributed by atoms with Gasteiger partial charge in [-0.2, -0.15) is 0 Å². The zero-order valence-electron chi connectivity index (χ0n) is 11.5. The van der Waals surface area contributed by atoms with Gasteiger partial charge in [-0.15, -0.1) is 0 Å². The van der Waals surface area contributed by atoms with E-state index in [-0.39, 0.29) is 16.8 Å². The molecular weight excluding hydrogens is 262 g/mol. The van der Waals surface area contributed by atoms with Crippen LogP contribution < -0.4 is 0 Å². The smallest absolute Gasteiger partial charge is 0.342 e. The molecular formula is C14H15NO5. The number of nitro benzene ring substituents is 1. The van der Waals surface area contributed by atoms with Crippen LogP contribution in [0.3, 0.4) is 0 Å². The summed E-state index contributed by atoms with van der Waals surface area (Å²) in [5.74, 6) is -1.42. The molecule has 106 valence electrons. The molecule has 0 saturated heterocycles. The Morgan fingerprint density at radius 1 is 1.20 bits per heavy atom. The number of hydrogen-bond donors (Lipinski definition) is 0. The number of Topliss-reactive ketones (excluding diaryl/α,β-unsaturated/α-hetero) is 1. The highest BCUT2D eigenvalue weighted by atomic mass is 16.6. The summed E-state index contributed by atoms with van der Waals surface area (Å²) in [6.45, 7) is 8.44. The predicted octanol–water partition coefficient (Wildman–Crippen LogP) is 2.68. The van der Waals surface area contributed by atoms with E-state index in [9.17, 15) is 19.7 Å². The summed E-state index contributed by atoms with van der Waals surface area (Å²) in [4.78, 5) is 33.6. The molecule has 1 aromatic rings. The lowest BCUT2D eigenvalue weighted by atomic mass is 10.0. The molecule has 0 unspecified atom stereocenters. The maximum Gasteiger partial charge on any atom is 0.342 e. The monoisotopic (exact) mass is 277 g/mol. The van der Waals surface area contributed by atoms with Crippen molar-refractivity contribution in [1.82, 2.24) is 0 Å². The third kappa shape index (κ3) is 4.01. The van der Waals surface area contributed by atoms with E-state index in [1.807, 2.05) is 0 Å². The van der Waals surface area contributed by atoms with E-state index in [0.717, 1.165) is 0 Å². The van der Waals surface area contributed by atoms with Gasteiger partial charge in [-0.25, -0.2) is 4.79 Å². The lowest BCUT2D eigenvalue weighted by Gasteiger charge is -2.19. The molecule has 0 spiro atoms. The average Bonchev–Trinajstić information content (AvgIpc) is 2.35. The number of ether oxygens (including phenoxy) is 1. The highest BCUT2D eigenvalue weighted by Crippen LogP contribution is 2.16. The van der Waals surface area contributed by atoms with Gasteiger partial charge in [0.05, 0.1) is 4.92 Å². The topological polar surface area (TPSA) is 86.5 Å². The van der Waals surface area contributed by atoms with Crippen molar-refractivity contribution in [2.24, 2.45) is 0 Å². The van der Waals surface area contributed by atoms with Crippen molar-refractivity contribution in [2.45, 2.75) is 26.4 Å². The maximum absolute atomic E-state index is 12.0. The van der Waals surface area contributed by atoms with Crippen molar-refractivity contribution in [3.8, 4) is 0 Å². The van der Waals surface area contributed by atoms with Crippen LogP contribution in [0.4, 0.5) is 5.69 Å². The molecule has 20 heavy (non-hydrogen) atoms. The Labute approximate surface area is 116 Å². The lowest BCUT2D eigenvalue weighted by Crippen LogP contribution is -2.26. The van der Waals surface area contributed by atoms with Crippen molar-refractivity contribution >= 4 is 17.4 Å². The average molecular weight is 277 g/mol. The number of benzene rings is 1. The van der Waals surface area contributed by atoms with E-state index >= 15 is 0 Å². The van der Waals surface area contributed by atoms with E-state index in [1.165, 1.54) is 24.3 Å². The molecule has 1 aromatic carbocycles. The molecule has 0 heterocycles. The third-order valence-corrected chi connectivity index (χ3v) is 2.26. The van der Waals surface area contributed by atoms with Crippen LogP contribution in [0.5, 0.6) is 0 Å². The van der Waals surface area contributed by atoms with Crippen LogP contribution in [-0.2, 0) is 9.53 Å². The highest BCUT2D eigenvalue weighted by Gasteiger charge is 2.24. The van der Waals surface area contributed by atoms with Crippen LogP contribution in [0.1, 0.15) is 31.1 Å². The second-order valence-electron chi connectivity index (χ2n) is 5.11. The first-order chi connectivity index (χ1) is 9.11. The van der Waals surface area contributed by atoms with E-state index in [2.05, 4.69) is 6.58 Å². The van der Waals surface area contributed by atoms with Gasteiger partial charge in [0.2, 0.25) is 0 Å². The molecule has 0 saturated carbocycles. The fourth-order valence-electron chi connectivity index (χ4n) is 1.34. The molecule has 0 fully saturated rings. The van der Waals surface area contributed by atoms with Gasteiger partial charge in [-0.05, 0) is 32.9 Å². The maximum atomic E-state index is 12.0. The molecule has 0 aromatic heterocycles. The summed E-state index contributed by atoms with van der Waals surface area (Å²) in [5.41, 5.74) is -1.03. The zero-order valence-corrected chi connectivity index (χ0v) is 11.5. The minimum absolute atomic E-state index is 0.135. The largest absolute Gasteiger partial charge is 0.456 e. The van der Waals surface area contributed by atoms with Crippen LogP contribution >= 0.6 is 0 Å². The van der Waals surface area contributed by atoms with Gasteiger partial charge in [0.15, 0.2) is 5.78 Å². The fourth-order valence-corrected chi connectivity index (χ4v) is 1.34. The number of nitro groups is 1. The van der Waals surface area contributed by atoms with Crippen LogP contribution in [0.15, 0.2) is 36.4 Å². The summed E-state index contributed by atoms with van der Waals surface area (Å²) in [7, 11) is 0. The first-order valence-electron chi connectivity index (χ1n) is 5.83. The Morgan fingerprint density at radius 3 is 2.10 bits per heavy atom. The Hall–Kier alpha value is -2.50. The Bertz CT molecular complexity index is 566. The normalized spacial score (nSPS) is 10.8. The van der Waals surface area contributed by atoms with Crippen molar-refractivity contribution in [3.05, 3.63) is 52.1 Å². The van der Waals surface area contributed by atoms with Crippen molar-refractivity contribution in [3.63, 3.8) is 0 Å². The van der Waals surface area contributed by atoms with Crippen LogP contribution in [0.25, 0.3) is 0 Å². The molecule has 0 N–H and O–H groups in total. The number of ketones is 1. The molecule has 0 aliphatic carbocycles. The van der Waals surface area contributed by atoms with Gasteiger partial charge in [-0.1, -0.05) is 6.58 Å². The van der Waals surface area contributed by atoms with Crippen LogP contribution in [-0.4, -0.2) is 22.3 Å². The lowest BCUT2D eigenvalue weighted by molar-refractivity contribution is -0.384. The van der Waals surface area contributed by atoms with E-state index in [1.54, 1.807) is 20.8 Å².